The van der Waals surface area contributed by atoms with Crippen LogP contribution in [0.1, 0.15) is 6.92 Å². The molecule has 0 unspecified atom stereocenters. The molecule has 3 nitrogen and oxygen atoms in total. The first-order chi connectivity index (χ1) is 3.31. The fraction of sp³-hybridized carbons (Fsp3) is 1.00. The van der Waals surface area contributed by atoms with Crippen molar-refractivity contribution >= 4 is 0 Å². The van der Waals surface area contributed by atoms with Gasteiger partial charge in [0.2, 0.25) is 0 Å². The van der Waals surface area contributed by atoms with Crippen molar-refractivity contribution in [2.75, 3.05) is 20.6 Å². The molecule has 0 atom stereocenters. The molecule has 0 saturated carbocycles. The fourth-order valence-electron chi connectivity index (χ4n) is 0.216. The van der Waals surface area contributed by atoms with Gasteiger partial charge in [0.05, 0.1) is 7.05 Å². The van der Waals surface area contributed by atoms with Crippen molar-refractivity contribution < 1.29 is 0 Å². The number of rotatable bonds is 2. The minimum absolute atomic E-state index is 0.914. The highest BCUT2D eigenvalue weighted by Gasteiger charge is 1.79. The van der Waals surface area contributed by atoms with Crippen LogP contribution in [0.4, 0.5) is 0 Å². The zero-order chi connectivity index (χ0) is 5.70. The molecule has 0 bridgehead atoms. The standard InChI is InChI=1S/C4H11N3/c1-4-7(3)6-5-2/h4H2,1-3H3. The Kier molecular flexibility index (Phi) is 3.28. The van der Waals surface area contributed by atoms with Crippen molar-refractivity contribution in [1.82, 2.24) is 5.01 Å². The van der Waals surface area contributed by atoms with Crippen molar-refractivity contribution in [2.45, 2.75) is 6.92 Å². The molecule has 0 spiro atoms. The molecule has 0 radical (unpaired) electrons. The summed E-state index contributed by atoms with van der Waals surface area (Å²) in [6.07, 6.45) is 0. The van der Waals surface area contributed by atoms with Gasteiger partial charge in [-0.15, -0.1) is 0 Å². The lowest BCUT2D eigenvalue weighted by Crippen LogP contribution is -2.07. The molecule has 0 aliphatic carbocycles. The summed E-state index contributed by atoms with van der Waals surface area (Å²) in [7, 11) is 3.54. The summed E-state index contributed by atoms with van der Waals surface area (Å²) in [4.78, 5) is 0. The lowest BCUT2D eigenvalue weighted by Gasteiger charge is -2.03. The largest absolute Gasteiger partial charge is 0.282 e. The lowest BCUT2D eigenvalue weighted by molar-refractivity contribution is 0.348. The first-order valence-electron chi connectivity index (χ1n) is 2.32. The first kappa shape index (κ1) is 6.40. The van der Waals surface area contributed by atoms with Gasteiger partial charge >= 0.3 is 0 Å². The monoisotopic (exact) mass is 101 g/mol. The maximum Gasteiger partial charge on any atom is 0.0509 e. The van der Waals surface area contributed by atoms with Crippen LogP contribution in [0.5, 0.6) is 0 Å². The van der Waals surface area contributed by atoms with Crippen molar-refractivity contribution in [3.63, 3.8) is 0 Å². The number of hydrogen-bond acceptors (Lipinski definition) is 2. The topological polar surface area (TPSA) is 28.0 Å². The molecule has 0 aliphatic heterocycles. The Morgan fingerprint density at radius 1 is 1.57 bits per heavy atom. The maximum absolute atomic E-state index is 3.70. The third-order valence-corrected chi connectivity index (χ3v) is 0.700. The molecule has 42 valence electrons. The Bertz CT molecular complexity index is 60.0. The van der Waals surface area contributed by atoms with Crippen molar-refractivity contribution in [3.05, 3.63) is 0 Å². The predicted octanol–water partition coefficient (Wildman–Crippen LogP) is 0.935. The summed E-state index contributed by atoms with van der Waals surface area (Å²) in [6, 6.07) is 0. The average molecular weight is 101 g/mol. The summed E-state index contributed by atoms with van der Waals surface area (Å²) in [5.74, 6) is 0. The van der Waals surface area contributed by atoms with Gasteiger partial charge in [-0.2, -0.15) is 5.11 Å². The molecule has 0 saturated heterocycles. The second-order valence-electron chi connectivity index (χ2n) is 1.26. The molecule has 0 aromatic rings. The van der Waals surface area contributed by atoms with Crippen LogP contribution in [0.3, 0.4) is 0 Å². The highest BCUT2D eigenvalue weighted by molar-refractivity contribution is 4.27. The maximum atomic E-state index is 3.70. The van der Waals surface area contributed by atoms with E-state index in [0.29, 0.717) is 0 Å². The van der Waals surface area contributed by atoms with Crippen molar-refractivity contribution in [3.8, 4) is 0 Å². The summed E-state index contributed by atoms with van der Waals surface area (Å²) in [6.45, 7) is 2.94. The Balaban J connectivity index is 3.16. The normalized spacial score (nSPS) is 10.1. The van der Waals surface area contributed by atoms with E-state index < -0.39 is 0 Å². The molecule has 0 aromatic carbocycles. The Morgan fingerprint density at radius 2 is 2.14 bits per heavy atom. The first-order valence-corrected chi connectivity index (χ1v) is 2.32. The van der Waals surface area contributed by atoms with E-state index in [4.69, 9.17) is 0 Å². The van der Waals surface area contributed by atoms with Gasteiger partial charge in [-0.05, 0) is 6.92 Å². The van der Waals surface area contributed by atoms with Gasteiger partial charge in [-0.1, -0.05) is 5.22 Å². The lowest BCUT2D eigenvalue weighted by atomic mass is 10.8. The van der Waals surface area contributed by atoms with Gasteiger partial charge in [0.15, 0.2) is 0 Å². The predicted molar refractivity (Wildman–Crippen MR) is 29.1 cm³/mol. The highest BCUT2D eigenvalue weighted by Crippen LogP contribution is 1.79. The molecule has 7 heavy (non-hydrogen) atoms. The summed E-state index contributed by atoms with van der Waals surface area (Å²) in [5.41, 5.74) is 0. The van der Waals surface area contributed by atoms with Crippen molar-refractivity contribution in [1.29, 1.82) is 0 Å². The van der Waals surface area contributed by atoms with Crippen LogP contribution in [0.15, 0.2) is 10.3 Å². The van der Waals surface area contributed by atoms with E-state index in [0.717, 1.165) is 6.54 Å². The molecule has 0 amide bonds. The van der Waals surface area contributed by atoms with Crippen LogP contribution < -0.4 is 0 Å². The van der Waals surface area contributed by atoms with Gasteiger partial charge in [0.25, 0.3) is 0 Å². The number of hydrogen-bond donors (Lipinski definition) is 0. The van der Waals surface area contributed by atoms with Crippen LogP contribution >= 0.6 is 0 Å². The number of nitrogens with zero attached hydrogens (tertiary/aromatic N) is 3. The molecule has 0 fully saturated rings. The Hall–Kier alpha value is -0.600. The minimum Gasteiger partial charge on any atom is -0.282 e. The van der Waals surface area contributed by atoms with Gasteiger partial charge in [-0.25, -0.2) is 0 Å². The Labute approximate surface area is 44.0 Å². The summed E-state index contributed by atoms with van der Waals surface area (Å²) in [5, 5.41) is 9.02. The average Bonchev–Trinajstić information content (AvgIpc) is 1.68. The molecule has 3 heteroatoms. The van der Waals surface area contributed by atoms with E-state index >= 15 is 0 Å². The van der Waals surface area contributed by atoms with E-state index in [1.54, 1.807) is 12.1 Å². The van der Waals surface area contributed by atoms with E-state index in [1.807, 2.05) is 14.0 Å². The third kappa shape index (κ3) is 3.22. The Morgan fingerprint density at radius 3 is 2.29 bits per heavy atom. The van der Waals surface area contributed by atoms with Crippen LogP contribution in [0.2, 0.25) is 0 Å². The zero-order valence-electron chi connectivity index (χ0n) is 5.05. The van der Waals surface area contributed by atoms with Crippen LogP contribution in [-0.4, -0.2) is 25.6 Å². The second-order valence-corrected chi connectivity index (χ2v) is 1.26. The molecular weight excluding hydrogens is 90.1 g/mol. The molecule has 0 heterocycles. The third-order valence-electron chi connectivity index (χ3n) is 0.700. The van der Waals surface area contributed by atoms with E-state index in [1.165, 1.54) is 0 Å². The van der Waals surface area contributed by atoms with Crippen LogP contribution in [0.25, 0.3) is 0 Å². The van der Waals surface area contributed by atoms with Gasteiger partial charge in [-0.3, -0.25) is 5.01 Å². The quantitative estimate of drug-likeness (QED) is 0.375. The fourth-order valence-corrected chi connectivity index (χ4v) is 0.216. The van der Waals surface area contributed by atoms with E-state index in [-0.39, 0.29) is 0 Å². The van der Waals surface area contributed by atoms with Crippen molar-refractivity contribution in [2.24, 2.45) is 10.3 Å². The smallest absolute Gasteiger partial charge is 0.0509 e. The summed E-state index contributed by atoms with van der Waals surface area (Å²) < 4.78 is 0. The van der Waals surface area contributed by atoms with E-state index in [9.17, 15) is 0 Å². The van der Waals surface area contributed by atoms with E-state index in [2.05, 4.69) is 10.3 Å². The molecular formula is C4H11N3. The van der Waals surface area contributed by atoms with Gasteiger partial charge < -0.3 is 0 Å². The molecule has 0 aliphatic rings. The molecule has 0 aromatic heterocycles. The highest BCUT2D eigenvalue weighted by atomic mass is 15.5. The van der Waals surface area contributed by atoms with Crippen LogP contribution in [-0.2, 0) is 0 Å². The molecule has 0 rings (SSSR count). The summed E-state index contributed by atoms with van der Waals surface area (Å²) >= 11 is 0. The second kappa shape index (κ2) is 3.59. The SMILES string of the molecule is CCN(C)N=NC. The minimum atomic E-state index is 0.914. The zero-order valence-corrected chi connectivity index (χ0v) is 5.05. The van der Waals surface area contributed by atoms with Gasteiger partial charge in [0, 0.05) is 13.6 Å². The van der Waals surface area contributed by atoms with Crippen LogP contribution in [0, 0.1) is 0 Å². The van der Waals surface area contributed by atoms with Gasteiger partial charge in [0.1, 0.15) is 0 Å². The molecule has 0 N–H and O–H groups in total.